The van der Waals surface area contributed by atoms with Crippen LogP contribution in [-0.2, 0) is 11.0 Å². The number of carbonyl (C=O) groups excluding carboxylic acids is 1. The highest BCUT2D eigenvalue weighted by atomic mass is 31.2. The maximum absolute atomic E-state index is 11.4. The van der Waals surface area contributed by atoms with Gasteiger partial charge in [0.05, 0.1) is 6.16 Å². The molecule has 168 valence electrons. The lowest BCUT2D eigenvalue weighted by Gasteiger charge is -2.27. The van der Waals surface area contributed by atoms with Crippen molar-refractivity contribution in [3.63, 3.8) is 0 Å². The second kappa shape index (κ2) is 9.62. The summed E-state index contributed by atoms with van der Waals surface area (Å²) in [6.07, 6.45) is 1.60. The van der Waals surface area contributed by atoms with Crippen LogP contribution < -0.4 is 20.8 Å². The third kappa shape index (κ3) is 4.02. The van der Waals surface area contributed by atoms with Crippen molar-refractivity contribution in [2.75, 3.05) is 11.4 Å². The van der Waals surface area contributed by atoms with Crippen LogP contribution in [0.5, 0.6) is 0 Å². The molecule has 0 aliphatic rings. The minimum atomic E-state index is -2.01. The Morgan fingerprint density at radius 3 is 1.79 bits per heavy atom. The van der Waals surface area contributed by atoms with Crippen molar-refractivity contribution in [2.45, 2.75) is 13.1 Å². The molecule has 0 spiro atoms. The number of nitrogens with zero attached hydrogens (tertiary/aromatic N) is 2. The molecule has 0 aliphatic heterocycles. The number of oxazole rings is 1. The predicted octanol–water partition coefficient (Wildman–Crippen LogP) is 5.30. The maximum atomic E-state index is 11.4. The zero-order valence-electron chi connectivity index (χ0n) is 19.0. The first kappa shape index (κ1) is 22.1. The van der Waals surface area contributed by atoms with E-state index < -0.39 is 7.26 Å². The highest BCUT2D eigenvalue weighted by Crippen LogP contribution is 2.58. The predicted molar refractivity (Wildman–Crippen MR) is 142 cm³/mol. The lowest BCUT2D eigenvalue weighted by Crippen LogP contribution is -2.32. The first-order valence-electron chi connectivity index (χ1n) is 11.4. The Bertz CT molecular complexity index is 1290. The van der Waals surface area contributed by atoms with Crippen molar-refractivity contribution in [2.24, 2.45) is 0 Å². The topological polar surface area (TPSA) is 46.3 Å². The monoisotopic (exact) mass is 465 g/mol. The highest BCUT2D eigenvalue weighted by Gasteiger charge is 2.45. The van der Waals surface area contributed by atoms with Crippen molar-refractivity contribution in [3.8, 4) is 0 Å². The van der Waals surface area contributed by atoms with Gasteiger partial charge in [-0.3, -0.25) is 9.69 Å². The van der Waals surface area contributed by atoms with Gasteiger partial charge in [-0.25, -0.2) is 0 Å². The van der Waals surface area contributed by atoms with Gasteiger partial charge >= 0.3 is 6.01 Å². The first-order valence-corrected chi connectivity index (χ1v) is 13.4. The number of benzene rings is 4. The van der Waals surface area contributed by atoms with Gasteiger partial charge in [-0.15, -0.1) is 0 Å². The fourth-order valence-corrected chi connectivity index (χ4v) is 8.71. The highest BCUT2D eigenvalue weighted by molar-refractivity contribution is 7.95. The van der Waals surface area contributed by atoms with Gasteiger partial charge in [0.15, 0.2) is 5.58 Å². The zero-order chi connectivity index (χ0) is 23.4. The van der Waals surface area contributed by atoms with Gasteiger partial charge in [0.1, 0.15) is 28.7 Å². The minimum Gasteiger partial charge on any atom is -0.423 e. The number of hydrogen-bond acceptors (Lipinski definition) is 3. The van der Waals surface area contributed by atoms with E-state index in [1.54, 1.807) is 0 Å². The molecule has 1 amide bonds. The minimum absolute atomic E-state index is 0.333. The van der Waals surface area contributed by atoms with Crippen LogP contribution in [-0.4, -0.2) is 17.9 Å². The third-order valence-electron chi connectivity index (χ3n) is 6.17. The molecule has 0 atom stereocenters. The molecule has 5 aromatic rings. The normalized spacial score (nSPS) is 11.4. The second-order valence-electron chi connectivity index (χ2n) is 8.16. The van der Waals surface area contributed by atoms with Gasteiger partial charge < -0.3 is 4.42 Å². The lowest BCUT2D eigenvalue weighted by molar-refractivity contribution is -0.107. The molecule has 1 aromatic heterocycles. The molecule has 4 aromatic carbocycles. The Hall–Kier alpha value is -3.75. The number of fused-ring (bicyclic) bond motifs is 1. The molecule has 0 radical (unpaired) electrons. The fraction of sp³-hybridized carbons (Fsp3) is 0.103. The largest absolute Gasteiger partial charge is 0.423 e. The molecule has 5 rings (SSSR count). The van der Waals surface area contributed by atoms with Crippen molar-refractivity contribution >= 4 is 46.7 Å². The Balaban J connectivity index is 1.68. The Morgan fingerprint density at radius 1 is 0.794 bits per heavy atom. The Morgan fingerprint density at radius 2 is 1.32 bits per heavy atom. The molecular weight excluding hydrogens is 439 g/mol. The number of hydrogen-bond donors (Lipinski definition) is 0. The van der Waals surface area contributed by atoms with Crippen LogP contribution in [0.1, 0.15) is 12.5 Å². The van der Waals surface area contributed by atoms with Crippen molar-refractivity contribution in [3.05, 3.63) is 115 Å². The van der Waals surface area contributed by atoms with E-state index in [1.165, 1.54) is 26.4 Å². The van der Waals surface area contributed by atoms with E-state index in [4.69, 9.17) is 4.42 Å². The lowest BCUT2D eigenvalue weighted by atomic mass is 10.2. The first-order chi connectivity index (χ1) is 16.7. The summed E-state index contributed by atoms with van der Waals surface area (Å²) in [4.78, 5) is 17.3. The molecule has 1 heterocycles. The van der Waals surface area contributed by atoms with Crippen molar-refractivity contribution in [1.29, 1.82) is 0 Å². The van der Waals surface area contributed by atoms with E-state index in [0.717, 1.165) is 18.1 Å². The summed E-state index contributed by atoms with van der Waals surface area (Å²) in [5.41, 5.74) is 2.62. The van der Waals surface area contributed by atoms with Gasteiger partial charge in [0, 0.05) is 6.54 Å². The molecule has 0 saturated carbocycles. The average molecular weight is 466 g/mol. The van der Waals surface area contributed by atoms with Crippen LogP contribution in [0.3, 0.4) is 0 Å². The summed E-state index contributed by atoms with van der Waals surface area (Å²) in [6, 6.07) is 39.0. The van der Waals surface area contributed by atoms with E-state index in [-0.39, 0.29) is 0 Å². The average Bonchev–Trinajstić information content (AvgIpc) is 3.32. The summed E-state index contributed by atoms with van der Waals surface area (Å²) in [5, 5.41) is 4.01. The molecule has 34 heavy (non-hydrogen) atoms. The molecule has 0 aliphatic carbocycles. The van der Waals surface area contributed by atoms with Gasteiger partial charge in [-0.1, -0.05) is 60.7 Å². The molecule has 0 fully saturated rings. The Labute approximate surface area is 200 Å². The van der Waals surface area contributed by atoms with Crippen LogP contribution in [0.2, 0.25) is 0 Å². The molecule has 0 saturated heterocycles. The van der Waals surface area contributed by atoms with Crippen LogP contribution in [0.15, 0.2) is 114 Å². The molecule has 4 nitrogen and oxygen atoms in total. The van der Waals surface area contributed by atoms with E-state index in [0.29, 0.717) is 18.1 Å². The smallest absolute Gasteiger partial charge is 0.305 e. The number of amides is 1. The Kier molecular flexibility index (Phi) is 6.24. The number of carbonyl (C=O) groups is 1. The van der Waals surface area contributed by atoms with Gasteiger partial charge in [0.25, 0.3) is 0 Å². The van der Waals surface area contributed by atoms with Gasteiger partial charge in [0.2, 0.25) is 6.41 Å². The molecule has 5 heteroatoms. The fourth-order valence-electron chi connectivity index (χ4n) is 4.48. The number of rotatable bonds is 8. The quantitative estimate of drug-likeness (QED) is 0.231. The van der Waals surface area contributed by atoms with Gasteiger partial charge in [-0.2, -0.15) is 4.98 Å². The van der Waals surface area contributed by atoms with Crippen molar-refractivity contribution in [1.82, 2.24) is 4.98 Å². The van der Waals surface area contributed by atoms with E-state index in [9.17, 15) is 4.79 Å². The van der Waals surface area contributed by atoms with Crippen LogP contribution in [0.25, 0.3) is 11.1 Å². The summed E-state index contributed by atoms with van der Waals surface area (Å²) < 4.78 is 5.98. The molecule has 0 bridgehead atoms. The SMILES string of the molecule is CCN(C=O)c1nc2ccc(C[P+](c3ccccc3)(c3ccccc3)c3ccccc3)cc2o1. The van der Waals surface area contributed by atoms with Crippen LogP contribution in [0.4, 0.5) is 6.01 Å². The summed E-state index contributed by atoms with van der Waals surface area (Å²) in [6.45, 7) is 2.40. The standard InChI is InChI=1S/C29H26N2O2P/c1-2-31(22-32)29-30-27-19-18-23(20-28(27)33-29)21-34(24-12-6-3-7-13-24,25-14-8-4-9-15-25)26-16-10-5-11-17-26/h3-20,22H,2,21H2,1H3/q+1. The van der Waals surface area contributed by atoms with Crippen LogP contribution >= 0.6 is 7.26 Å². The third-order valence-corrected chi connectivity index (χ3v) is 10.5. The van der Waals surface area contributed by atoms with E-state index in [1.807, 2.05) is 13.0 Å². The summed E-state index contributed by atoms with van der Waals surface area (Å²) in [5.74, 6) is 0. The second-order valence-corrected chi connectivity index (χ2v) is 11.6. The van der Waals surface area contributed by atoms with E-state index in [2.05, 4.69) is 108 Å². The number of aromatic nitrogens is 1. The summed E-state index contributed by atoms with van der Waals surface area (Å²) >= 11 is 0. The molecular formula is C29H26N2O2P+. The van der Waals surface area contributed by atoms with Gasteiger partial charge in [-0.05, 0) is 61.0 Å². The molecule has 0 unspecified atom stereocenters. The maximum Gasteiger partial charge on any atom is 0.305 e. The van der Waals surface area contributed by atoms with E-state index >= 15 is 0 Å². The van der Waals surface area contributed by atoms with Crippen LogP contribution in [0, 0.1) is 0 Å². The van der Waals surface area contributed by atoms with Crippen molar-refractivity contribution < 1.29 is 9.21 Å². The molecule has 0 N–H and O–H groups in total. The summed E-state index contributed by atoms with van der Waals surface area (Å²) in [7, 11) is -2.01. The number of anilines is 1. The zero-order valence-corrected chi connectivity index (χ0v) is 19.9.